The third-order valence-corrected chi connectivity index (χ3v) is 4.72. The van der Waals surface area contributed by atoms with Gasteiger partial charge in [-0.05, 0) is 24.8 Å². The molecule has 1 heterocycles. The first-order chi connectivity index (χ1) is 10.6. The maximum atomic E-state index is 12.9. The molecule has 3 unspecified atom stereocenters. The van der Waals surface area contributed by atoms with Gasteiger partial charge < -0.3 is 16.0 Å². The monoisotopic (exact) mass is 337 g/mol. The summed E-state index contributed by atoms with van der Waals surface area (Å²) in [6, 6.07) is 9.79. The summed E-state index contributed by atoms with van der Waals surface area (Å²) in [7, 11) is 0. The summed E-state index contributed by atoms with van der Waals surface area (Å²) in [5, 5.41) is 2.87. The van der Waals surface area contributed by atoms with Crippen LogP contribution in [0.1, 0.15) is 37.3 Å². The van der Waals surface area contributed by atoms with Gasteiger partial charge in [0.25, 0.3) is 0 Å². The van der Waals surface area contributed by atoms with E-state index < -0.39 is 0 Å². The van der Waals surface area contributed by atoms with Crippen molar-refractivity contribution in [2.45, 2.75) is 37.8 Å². The highest BCUT2D eigenvalue weighted by Crippen LogP contribution is 2.32. The van der Waals surface area contributed by atoms with Crippen molar-refractivity contribution < 1.29 is 9.59 Å². The molecule has 5 nitrogen and oxygen atoms in total. The van der Waals surface area contributed by atoms with Gasteiger partial charge in [-0.15, -0.1) is 12.4 Å². The highest BCUT2D eigenvalue weighted by molar-refractivity contribution is 5.85. The maximum absolute atomic E-state index is 12.9. The lowest BCUT2D eigenvalue weighted by molar-refractivity contribution is -0.138. The fourth-order valence-electron chi connectivity index (χ4n) is 3.54. The van der Waals surface area contributed by atoms with Gasteiger partial charge in [0.1, 0.15) is 0 Å². The van der Waals surface area contributed by atoms with E-state index in [-0.39, 0.29) is 42.2 Å². The van der Waals surface area contributed by atoms with E-state index in [4.69, 9.17) is 5.73 Å². The van der Waals surface area contributed by atoms with Crippen LogP contribution in [0.15, 0.2) is 30.3 Å². The van der Waals surface area contributed by atoms with Crippen molar-refractivity contribution in [1.29, 1.82) is 0 Å². The van der Waals surface area contributed by atoms with E-state index in [1.165, 1.54) is 0 Å². The van der Waals surface area contributed by atoms with Gasteiger partial charge in [-0.3, -0.25) is 9.59 Å². The molecular weight excluding hydrogens is 314 g/mol. The molecule has 1 aromatic carbocycles. The summed E-state index contributed by atoms with van der Waals surface area (Å²) in [4.78, 5) is 26.7. The minimum absolute atomic E-state index is 0. The number of carbonyl (C=O) groups is 2. The smallest absolute Gasteiger partial charge is 0.226 e. The number of nitrogens with one attached hydrogen (secondary N) is 1. The molecule has 2 amide bonds. The zero-order valence-electron chi connectivity index (χ0n) is 13.1. The average molecular weight is 338 g/mol. The van der Waals surface area contributed by atoms with E-state index in [9.17, 15) is 9.59 Å². The summed E-state index contributed by atoms with van der Waals surface area (Å²) in [6.07, 6.45) is 2.86. The Bertz CT molecular complexity index is 552. The Labute approximate surface area is 143 Å². The summed E-state index contributed by atoms with van der Waals surface area (Å²) < 4.78 is 0. The predicted molar refractivity (Wildman–Crippen MR) is 91.1 cm³/mol. The molecule has 1 aliphatic heterocycles. The molecule has 1 saturated heterocycles. The first kappa shape index (κ1) is 17.8. The van der Waals surface area contributed by atoms with Crippen LogP contribution in [0, 0.1) is 5.92 Å². The quantitative estimate of drug-likeness (QED) is 0.861. The fraction of sp³-hybridized carbons (Fsp3) is 0.529. The fourth-order valence-corrected chi connectivity index (χ4v) is 3.54. The second kappa shape index (κ2) is 7.79. The Morgan fingerprint density at radius 2 is 1.96 bits per heavy atom. The number of hydrogen-bond donors (Lipinski definition) is 2. The van der Waals surface area contributed by atoms with E-state index >= 15 is 0 Å². The van der Waals surface area contributed by atoms with Crippen molar-refractivity contribution in [3.63, 3.8) is 0 Å². The predicted octanol–water partition coefficient (Wildman–Crippen LogP) is 1.63. The average Bonchev–Trinajstić information content (AvgIpc) is 2.86. The maximum Gasteiger partial charge on any atom is 0.226 e. The van der Waals surface area contributed by atoms with Gasteiger partial charge in [0.15, 0.2) is 0 Å². The van der Waals surface area contributed by atoms with Gasteiger partial charge in [-0.2, -0.15) is 0 Å². The molecule has 0 aromatic heterocycles. The largest absolute Gasteiger partial charge is 0.354 e. The van der Waals surface area contributed by atoms with Crippen molar-refractivity contribution in [3.8, 4) is 0 Å². The Morgan fingerprint density at radius 3 is 2.61 bits per heavy atom. The lowest BCUT2D eigenvalue weighted by Gasteiger charge is -2.31. The Morgan fingerprint density at radius 1 is 1.22 bits per heavy atom. The molecule has 0 spiro atoms. The summed E-state index contributed by atoms with van der Waals surface area (Å²) in [5.41, 5.74) is 6.98. The van der Waals surface area contributed by atoms with E-state index in [0.29, 0.717) is 19.5 Å². The van der Waals surface area contributed by atoms with E-state index in [2.05, 4.69) is 5.32 Å². The third kappa shape index (κ3) is 4.03. The molecule has 1 aromatic rings. The van der Waals surface area contributed by atoms with Crippen molar-refractivity contribution in [1.82, 2.24) is 10.2 Å². The molecule has 23 heavy (non-hydrogen) atoms. The van der Waals surface area contributed by atoms with Gasteiger partial charge >= 0.3 is 0 Å². The molecule has 2 aliphatic rings. The molecular formula is C17H24ClN3O2. The summed E-state index contributed by atoms with van der Waals surface area (Å²) >= 11 is 0. The minimum Gasteiger partial charge on any atom is -0.354 e. The van der Waals surface area contributed by atoms with Crippen LogP contribution in [-0.2, 0) is 9.59 Å². The van der Waals surface area contributed by atoms with Crippen molar-refractivity contribution >= 4 is 24.2 Å². The van der Waals surface area contributed by atoms with Crippen molar-refractivity contribution in [3.05, 3.63) is 35.9 Å². The van der Waals surface area contributed by atoms with Crippen molar-refractivity contribution in [2.24, 2.45) is 11.7 Å². The number of nitrogens with two attached hydrogens (primary N) is 1. The van der Waals surface area contributed by atoms with Crippen LogP contribution in [0.2, 0.25) is 0 Å². The van der Waals surface area contributed by atoms with Crippen LogP contribution in [-0.4, -0.2) is 35.8 Å². The summed E-state index contributed by atoms with van der Waals surface area (Å²) in [5.74, 6) is 0.167. The second-order valence-electron chi connectivity index (χ2n) is 6.28. The lowest BCUT2D eigenvalue weighted by Crippen LogP contribution is -2.40. The van der Waals surface area contributed by atoms with Crippen LogP contribution in [0.4, 0.5) is 0 Å². The SMILES string of the molecule is Cl.NC1CCC(C(=O)N2CCNC(=O)CC2c2ccccc2)C1. The number of hydrogen-bond acceptors (Lipinski definition) is 3. The van der Waals surface area contributed by atoms with Gasteiger partial charge in [-0.25, -0.2) is 0 Å². The number of halogens is 1. The van der Waals surface area contributed by atoms with Crippen LogP contribution in [0.5, 0.6) is 0 Å². The van der Waals surface area contributed by atoms with Crippen molar-refractivity contribution in [2.75, 3.05) is 13.1 Å². The standard InChI is InChI=1S/C17H23N3O2.ClH/c18-14-7-6-13(10-14)17(22)20-9-8-19-16(21)11-15(20)12-4-2-1-3-5-12;/h1-5,13-15H,6-11,18H2,(H,19,21);1H. The second-order valence-corrected chi connectivity index (χ2v) is 6.28. The third-order valence-electron chi connectivity index (χ3n) is 4.72. The summed E-state index contributed by atoms with van der Waals surface area (Å²) in [6.45, 7) is 1.09. The normalized spacial score (nSPS) is 27.8. The minimum atomic E-state index is -0.173. The molecule has 1 aliphatic carbocycles. The molecule has 6 heteroatoms. The number of carbonyl (C=O) groups excluding carboxylic acids is 2. The number of benzene rings is 1. The molecule has 3 N–H and O–H groups in total. The Hall–Kier alpha value is -1.59. The topological polar surface area (TPSA) is 75.4 Å². The van der Waals surface area contributed by atoms with Gasteiger partial charge in [0, 0.05) is 25.0 Å². The van der Waals surface area contributed by atoms with Crippen LogP contribution >= 0.6 is 12.4 Å². The molecule has 1 saturated carbocycles. The molecule has 126 valence electrons. The number of rotatable bonds is 2. The van der Waals surface area contributed by atoms with E-state index in [1.54, 1.807) is 0 Å². The van der Waals surface area contributed by atoms with Crippen LogP contribution in [0.3, 0.4) is 0 Å². The molecule has 2 fully saturated rings. The molecule has 0 radical (unpaired) electrons. The van der Waals surface area contributed by atoms with Gasteiger partial charge in [0.05, 0.1) is 12.5 Å². The first-order valence-electron chi connectivity index (χ1n) is 8.03. The highest BCUT2D eigenvalue weighted by atomic mass is 35.5. The zero-order valence-corrected chi connectivity index (χ0v) is 13.9. The lowest BCUT2D eigenvalue weighted by atomic mass is 9.99. The number of amides is 2. The van der Waals surface area contributed by atoms with Gasteiger partial charge in [-0.1, -0.05) is 30.3 Å². The zero-order chi connectivity index (χ0) is 15.5. The molecule has 3 rings (SSSR count). The number of nitrogens with zero attached hydrogens (tertiary/aromatic N) is 1. The van der Waals surface area contributed by atoms with Gasteiger partial charge in [0.2, 0.25) is 11.8 Å². The Balaban J connectivity index is 0.00000192. The van der Waals surface area contributed by atoms with Crippen LogP contribution < -0.4 is 11.1 Å². The van der Waals surface area contributed by atoms with E-state index in [1.807, 2.05) is 35.2 Å². The van der Waals surface area contributed by atoms with Crippen LogP contribution in [0.25, 0.3) is 0 Å². The molecule has 3 atom stereocenters. The Kier molecular flexibility index (Phi) is 6.02. The van der Waals surface area contributed by atoms with E-state index in [0.717, 1.165) is 24.8 Å². The highest BCUT2D eigenvalue weighted by Gasteiger charge is 2.36. The molecule has 0 bridgehead atoms. The first-order valence-corrected chi connectivity index (χ1v) is 8.03.